The molecule has 0 atom stereocenters. The number of carbonyl (C=O) groups is 1. The molecule has 0 aliphatic carbocycles. The summed E-state index contributed by atoms with van der Waals surface area (Å²) < 4.78 is 6.96. The van der Waals surface area contributed by atoms with E-state index < -0.39 is 6.09 Å². The maximum Gasteiger partial charge on any atom is 0.416 e. The van der Waals surface area contributed by atoms with Gasteiger partial charge in [0, 0.05) is 27.3 Å². The third-order valence-electron chi connectivity index (χ3n) is 2.17. The standard InChI is InChI=1S/C10H12N4O2.C2H6/c1-13(2)10(15)16-9-7-4-5-14(3)8(7)11-6-12-9;1-2/h4-6H,1-3H3;1-2H3. The van der Waals surface area contributed by atoms with Gasteiger partial charge in [0.25, 0.3) is 0 Å². The van der Waals surface area contributed by atoms with Gasteiger partial charge >= 0.3 is 6.09 Å². The predicted molar refractivity (Wildman–Crippen MR) is 69.6 cm³/mol. The molecule has 1 amide bonds. The summed E-state index contributed by atoms with van der Waals surface area (Å²) in [6.07, 6.45) is 2.76. The zero-order valence-electron chi connectivity index (χ0n) is 11.3. The molecule has 0 aliphatic heterocycles. The maximum atomic E-state index is 11.4. The molecule has 18 heavy (non-hydrogen) atoms. The van der Waals surface area contributed by atoms with E-state index in [9.17, 15) is 4.79 Å². The van der Waals surface area contributed by atoms with Crippen molar-refractivity contribution >= 4 is 17.1 Å². The van der Waals surface area contributed by atoms with E-state index in [0.717, 1.165) is 11.0 Å². The van der Waals surface area contributed by atoms with E-state index in [0.29, 0.717) is 0 Å². The van der Waals surface area contributed by atoms with Gasteiger partial charge in [-0.25, -0.2) is 14.8 Å². The first kappa shape index (κ1) is 14.0. The fourth-order valence-electron chi connectivity index (χ4n) is 1.31. The highest BCUT2D eigenvalue weighted by atomic mass is 16.6. The number of carbonyl (C=O) groups excluding carboxylic acids is 1. The van der Waals surface area contributed by atoms with E-state index in [4.69, 9.17) is 4.74 Å². The van der Waals surface area contributed by atoms with Gasteiger partial charge in [0.2, 0.25) is 5.88 Å². The molecule has 0 saturated carbocycles. The van der Waals surface area contributed by atoms with Crippen molar-refractivity contribution in [2.24, 2.45) is 7.05 Å². The summed E-state index contributed by atoms with van der Waals surface area (Å²) in [5.41, 5.74) is 0.733. The van der Waals surface area contributed by atoms with Gasteiger partial charge in [0.05, 0.1) is 5.39 Å². The van der Waals surface area contributed by atoms with Gasteiger partial charge in [-0.1, -0.05) is 13.8 Å². The first-order valence-electron chi connectivity index (χ1n) is 5.75. The second kappa shape index (κ2) is 6.00. The Hall–Kier alpha value is -2.11. The molecule has 0 bridgehead atoms. The number of aryl methyl sites for hydroxylation is 1. The summed E-state index contributed by atoms with van der Waals surface area (Å²) in [5, 5.41) is 0.722. The highest BCUT2D eigenvalue weighted by Crippen LogP contribution is 2.21. The SMILES string of the molecule is CC.CN(C)C(=O)Oc1ncnc2c1ccn2C. The van der Waals surface area contributed by atoms with Gasteiger partial charge in [0.15, 0.2) is 0 Å². The van der Waals surface area contributed by atoms with Crippen molar-refractivity contribution in [3.63, 3.8) is 0 Å². The number of hydrogen-bond acceptors (Lipinski definition) is 4. The molecule has 0 aliphatic rings. The summed E-state index contributed by atoms with van der Waals surface area (Å²) >= 11 is 0. The zero-order chi connectivity index (χ0) is 13.7. The van der Waals surface area contributed by atoms with Crippen LogP contribution < -0.4 is 4.74 Å². The van der Waals surface area contributed by atoms with E-state index in [1.54, 1.807) is 14.1 Å². The Morgan fingerprint density at radius 1 is 1.33 bits per heavy atom. The Kier molecular flexibility index (Phi) is 4.65. The number of ether oxygens (including phenoxy) is 1. The Balaban J connectivity index is 0.000000771. The van der Waals surface area contributed by atoms with Crippen LogP contribution in [-0.2, 0) is 7.05 Å². The normalized spacial score (nSPS) is 9.61. The van der Waals surface area contributed by atoms with Gasteiger partial charge in [-0.05, 0) is 6.07 Å². The zero-order valence-corrected chi connectivity index (χ0v) is 11.3. The lowest BCUT2D eigenvalue weighted by Gasteiger charge is -2.10. The first-order valence-corrected chi connectivity index (χ1v) is 5.75. The quantitative estimate of drug-likeness (QED) is 0.777. The smallest absolute Gasteiger partial charge is 0.390 e. The monoisotopic (exact) mass is 250 g/mol. The molecule has 2 heterocycles. The maximum absolute atomic E-state index is 11.4. The lowest BCUT2D eigenvalue weighted by molar-refractivity contribution is 0.170. The van der Waals surface area contributed by atoms with Crippen LogP contribution in [0.3, 0.4) is 0 Å². The van der Waals surface area contributed by atoms with Crippen molar-refractivity contribution in [1.29, 1.82) is 0 Å². The molecule has 0 spiro atoms. The van der Waals surface area contributed by atoms with Crippen molar-refractivity contribution in [2.45, 2.75) is 13.8 Å². The van der Waals surface area contributed by atoms with Crippen molar-refractivity contribution in [3.05, 3.63) is 18.6 Å². The number of fused-ring (bicyclic) bond motifs is 1. The molecule has 6 heteroatoms. The number of nitrogens with zero attached hydrogens (tertiary/aromatic N) is 4. The summed E-state index contributed by atoms with van der Waals surface area (Å²) in [6, 6.07) is 1.81. The summed E-state index contributed by atoms with van der Waals surface area (Å²) in [7, 11) is 5.10. The lowest BCUT2D eigenvalue weighted by atomic mass is 10.4. The highest BCUT2D eigenvalue weighted by Gasteiger charge is 2.12. The van der Waals surface area contributed by atoms with Crippen LogP contribution in [0.1, 0.15) is 13.8 Å². The van der Waals surface area contributed by atoms with Crippen LogP contribution in [0.5, 0.6) is 5.88 Å². The van der Waals surface area contributed by atoms with Crippen LogP contribution in [0.4, 0.5) is 4.79 Å². The Labute approximate surface area is 106 Å². The van der Waals surface area contributed by atoms with Gasteiger partial charge in [0.1, 0.15) is 12.0 Å². The summed E-state index contributed by atoms with van der Waals surface area (Å²) in [6.45, 7) is 4.00. The molecule has 6 nitrogen and oxygen atoms in total. The Bertz CT molecular complexity index is 534. The molecular weight excluding hydrogens is 232 g/mol. The van der Waals surface area contributed by atoms with E-state index >= 15 is 0 Å². The van der Waals surface area contributed by atoms with Gasteiger partial charge < -0.3 is 14.2 Å². The second-order valence-electron chi connectivity index (χ2n) is 3.61. The van der Waals surface area contributed by atoms with Crippen molar-refractivity contribution < 1.29 is 9.53 Å². The van der Waals surface area contributed by atoms with Crippen molar-refractivity contribution in [1.82, 2.24) is 19.4 Å². The number of hydrogen-bond donors (Lipinski definition) is 0. The molecule has 0 radical (unpaired) electrons. The largest absolute Gasteiger partial charge is 0.416 e. The Morgan fingerprint density at radius 2 is 2.00 bits per heavy atom. The van der Waals surface area contributed by atoms with Gasteiger partial charge in [-0.15, -0.1) is 0 Å². The Morgan fingerprint density at radius 3 is 2.61 bits per heavy atom. The molecule has 0 fully saturated rings. The number of rotatable bonds is 1. The van der Waals surface area contributed by atoms with E-state index in [1.807, 2.05) is 37.7 Å². The minimum Gasteiger partial charge on any atom is -0.390 e. The molecule has 0 saturated heterocycles. The van der Waals surface area contributed by atoms with Gasteiger partial charge in [-0.2, -0.15) is 0 Å². The fourth-order valence-corrected chi connectivity index (χ4v) is 1.31. The number of amides is 1. The highest BCUT2D eigenvalue weighted by molar-refractivity contribution is 5.84. The average Bonchev–Trinajstić information content (AvgIpc) is 2.75. The summed E-state index contributed by atoms with van der Waals surface area (Å²) in [4.78, 5) is 20.8. The molecule has 0 N–H and O–H groups in total. The van der Waals surface area contributed by atoms with E-state index in [1.165, 1.54) is 11.2 Å². The van der Waals surface area contributed by atoms with Gasteiger partial charge in [-0.3, -0.25) is 0 Å². The lowest BCUT2D eigenvalue weighted by Crippen LogP contribution is -2.25. The minimum absolute atomic E-state index is 0.282. The second-order valence-corrected chi connectivity index (χ2v) is 3.61. The minimum atomic E-state index is -0.455. The van der Waals surface area contributed by atoms with E-state index in [2.05, 4.69) is 9.97 Å². The van der Waals surface area contributed by atoms with E-state index in [-0.39, 0.29) is 5.88 Å². The fraction of sp³-hybridized carbons (Fsp3) is 0.417. The van der Waals surface area contributed by atoms with Crippen molar-refractivity contribution in [3.8, 4) is 5.88 Å². The predicted octanol–water partition coefficient (Wildman–Crippen LogP) is 2.05. The van der Waals surface area contributed by atoms with Crippen LogP contribution in [0.2, 0.25) is 0 Å². The number of aromatic nitrogens is 3. The topological polar surface area (TPSA) is 60.3 Å². The van der Waals surface area contributed by atoms with Crippen LogP contribution in [-0.4, -0.2) is 39.6 Å². The molecule has 98 valence electrons. The van der Waals surface area contributed by atoms with Crippen LogP contribution in [0.25, 0.3) is 11.0 Å². The molecule has 2 aromatic heterocycles. The molecule has 2 aromatic rings. The summed E-state index contributed by atoms with van der Waals surface area (Å²) in [5.74, 6) is 0.282. The van der Waals surface area contributed by atoms with Crippen molar-refractivity contribution in [2.75, 3.05) is 14.1 Å². The molecule has 0 unspecified atom stereocenters. The molecular formula is C12H18N4O2. The third kappa shape index (κ3) is 2.77. The average molecular weight is 250 g/mol. The van der Waals surface area contributed by atoms with Crippen LogP contribution in [0, 0.1) is 0 Å². The third-order valence-corrected chi connectivity index (χ3v) is 2.17. The molecule has 0 aromatic carbocycles. The molecule has 2 rings (SSSR count). The van der Waals surface area contributed by atoms with Crippen LogP contribution >= 0.6 is 0 Å². The van der Waals surface area contributed by atoms with Crippen LogP contribution in [0.15, 0.2) is 18.6 Å². The first-order chi connectivity index (χ1) is 8.59.